The standard InChI is InChI=1S/C24H22ClNO4/c1-16(27)21-13-18(25)11-12-23(21)30-15-19(28)14-26-22-10-6-5-9-20(22)24(29)17-7-3-2-4-8-17/h2-13,19,26,28H,14-15H2,1H3/t19-/m0/s1. The minimum absolute atomic E-state index is 0.0241. The van der Waals surface area contributed by atoms with Crippen LogP contribution in [-0.2, 0) is 0 Å². The van der Waals surface area contributed by atoms with Gasteiger partial charge in [0.25, 0.3) is 0 Å². The summed E-state index contributed by atoms with van der Waals surface area (Å²) in [6, 6.07) is 20.9. The molecule has 0 fully saturated rings. The number of rotatable bonds is 9. The number of aliphatic hydroxyl groups is 1. The van der Waals surface area contributed by atoms with Gasteiger partial charge in [0.2, 0.25) is 0 Å². The summed E-state index contributed by atoms with van der Waals surface area (Å²) in [6.07, 6.45) is -0.861. The molecule has 1 atom stereocenters. The van der Waals surface area contributed by atoms with Crippen molar-refractivity contribution in [1.29, 1.82) is 0 Å². The van der Waals surface area contributed by atoms with Crippen LogP contribution in [0, 0.1) is 0 Å². The van der Waals surface area contributed by atoms with Crippen molar-refractivity contribution >= 4 is 28.9 Å². The lowest BCUT2D eigenvalue weighted by Crippen LogP contribution is -2.27. The van der Waals surface area contributed by atoms with Gasteiger partial charge in [0.15, 0.2) is 11.6 Å². The van der Waals surface area contributed by atoms with Gasteiger partial charge in [0.05, 0.1) is 5.56 Å². The summed E-state index contributed by atoms with van der Waals surface area (Å²) in [4.78, 5) is 24.5. The van der Waals surface area contributed by atoms with Crippen LogP contribution < -0.4 is 10.1 Å². The Morgan fingerprint density at radius 2 is 1.70 bits per heavy atom. The third-order valence-corrected chi connectivity index (χ3v) is 4.72. The molecule has 0 bridgehead atoms. The van der Waals surface area contributed by atoms with Crippen LogP contribution >= 0.6 is 11.6 Å². The first kappa shape index (κ1) is 21.6. The van der Waals surface area contributed by atoms with E-state index in [4.69, 9.17) is 16.3 Å². The summed E-state index contributed by atoms with van der Waals surface area (Å²) < 4.78 is 5.61. The molecule has 0 aliphatic carbocycles. The average Bonchev–Trinajstić information content (AvgIpc) is 2.77. The van der Waals surface area contributed by atoms with Crippen molar-refractivity contribution in [1.82, 2.24) is 0 Å². The number of halogens is 1. The minimum atomic E-state index is -0.861. The maximum absolute atomic E-state index is 12.8. The van der Waals surface area contributed by atoms with Gasteiger partial charge in [-0.05, 0) is 37.3 Å². The Hall–Kier alpha value is -3.15. The van der Waals surface area contributed by atoms with Crippen molar-refractivity contribution in [2.45, 2.75) is 13.0 Å². The lowest BCUT2D eigenvalue weighted by atomic mass is 10.0. The van der Waals surface area contributed by atoms with Crippen molar-refractivity contribution in [3.63, 3.8) is 0 Å². The molecule has 6 heteroatoms. The van der Waals surface area contributed by atoms with Crippen molar-refractivity contribution in [3.8, 4) is 5.75 Å². The van der Waals surface area contributed by atoms with Crippen LogP contribution in [0.15, 0.2) is 72.8 Å². The van der Waals surface area contributed by atoms with Gasteiger partial charge in [-0.2, -0.15) is 0 Å². The highest BCUT2D eigenvalue weighted by Crippen LogP contribution is 2.24. The molecule has 3 aromatic carbocycles. The van der Waals surface area contributed by atoms with Crippen LogP contribution in [0.3, 0.4) is 0 Å². The van der Waals surface area contributed by atoms with Crippen LogP contribution in [-0.4, -0.2) is 35.9 Å². The Morgan fingerprint density at radius 3 is 2.43 bits per heavy atom. The van der Waals surface area contributed by atoms with E-state index in [-0.39, 0.29) is 24.7 Å². The van der Waals surface area contributed by atoms with Gasteiger partial charge in [0, 0.05) is 28.4 Å². The Kier molecular flexibility index (Phi) is 7.22. The molecule has 0 amide bonds. The van der Waals surface area contributed by atoms with Gasteiger partial charge >= 0.3 is 0 Å². The fourth-order valence-corrected chi connectivity index (χ4v) is 3.13. The number of para-hydroxylation sites is 1. The summed E-state index contributed by atoms with van der Waals surface area (Å²) in [5, 5.41) is 13.9. The van der Waals surface area contributed by atoms with E-state index < -0.39 is 6.10 Å². The molecule has 0 aliphatic rings. The number of ether oxygens (including phenoxy) is 1. The molecule has 0 saturated carbocycles. The highest BCUT2D eigenvalue weighted by atomic mass is 35.5. The quantitative estimate of drug-likeness (QED) is 0.491. The SMILES string of the molecule is CC(=O)c1cc(Cl)ccc1OC[C@@H](O)CNc1ccccc1C(=O)c1ccccc1. The van der Waals surface area contributed by atoms with E-state index in [1.165, 1.54) is 13.0 Å². The van der Waals surface area contributed by atoms with Crippen LogP contribution in [0.2, 0.25) is 5.02 Å². The third-order valence-electron chi connectivity index (χ3n) is 4.49. The molecule has 0 spiro atoms. The Balaban J connectivity index is 1.63. The first-order chi connectivity index (χ1) is 14.5. The van der Waals surface area contributed by atoms with E-state index in [1.807, 2.05) is 24.3 Å². The number of ketones is 2. The Bertz CT molecular complexity index is 1040. The van der Waals surface area contributed by atoms with Gasteiger partial charge < -0.3 is 15.2 Å². The second-order valence-corrected chi connectivity index (χ2v) is 7.22. The molecule has 0 heterocycles. The average molecular weight is 424 g/mol. The van der Waals surface area contributed by atoms with Crippen molar-refractivity contribution < 1.29 is 19.4 Å². The summed E-state index contributed by atoms with van der Waals surface area (Å²) in [7, 11) is 0. The predicted octanol–water partition coefficient (Wildman–Crippen LogP) is 4.63. The summed E-state index contributed by atoms with van der Waals surface area (Å²) in [5.74, 6) is 0.0933. The highest BCUT2D eigenvalue weighted by molar-refractivity contribution is 6.31. The molecule has 0 unspecified atom stereocenters. The molecule has 154 valence electrons. The number of carbonyl (C=O) groups is 2. The molecule has 2 N–H and O–H groups in total. The van der Waals surface area contributed by atoms with Crippen molar-refractivity contribution in [3.05, 3.63) is 94.5 Å². The van der Waals surface area contributed by atoms with Crippen LogP contribution in [0.25, 0.3) is 0 Å². The van der Waals surface area contributed by atoms with Gasteiger partial charge in [-0.15, -0.1) is 0 Å². The lowest BCUT2D eigenvalue weighted by molar-refractivity contribution is 0.0991. The zero-order valence-electron chi connectivity index (χ0n) is 16.5. The largest absolute Gasteiger partial charge is 0.490 e. The van der Waals surface area contributed by atoms with Crippen molar-refractivity contribution in [2.24, 2.45) is 0 Å². The van der Waals surface area contributed by atoms with Crippen LogP contribution in [0.4, 0.5) is 5.69 Å². The zero-order chi connectivity index (χ0) is 21.5. The van der Waals surface area contributed by atoms with Gasteiger partial charge in [-0.25, -0.2) is 0 Å². The second kappa shape index (κ2) is 10.1. The molecule has 0 aromatic heterocycles. The number of benzene rings is 3. The van der Waals surface area contributed by atoms with Crippen molar-refractivity contribution in [2.75, 3.05) is 18.5 Å². The number of anilines is 1. The van der Waals surface area contributed by atoms with Gasteiger partial charge in [-0.1, -0.05) is 54.1 Å². The topological polar surface area (TPSA) is 75.6 Å². The maximum Gasteiger partial charge on any atom is 0.195 e. The van der Waals surface area contributed by atoms with Crippen LogP contribution in [0.1, 0.15) is 33.2 Å². The zero-order valence-corrected chi connectivity index (χ0v) is 17.2. The van der Waals surface area contributed by atoms with Gasteiger partial charge in [-0.3, -0.25) is 9.59 Å². The normalized spacial score (nSPS) is 11.6. The number of nitrogens with one attached hydrogen (secondary N) is 1. The molecule has 0 radical (unpaired) electrons. The fourth-order valence-electron chi connectivity index (χ4n) is 2.96. The summed E-state index contributed by atoms with van der Waals surface area (Å²) >= 11 is 5.93. The first-order valence-electron chi connectivity index (χ1n) is 9.49. The molecular formula is C24H22ClNO4. The number of hydrogen-bond donors (Lipinski definition) is 2. The minimum Gasteiger partial charge on any atom is -0.490 e. The molecular weight excluding hydrogens is 402 g/mol. The Morgan fingerprint density at radius 1 is 1.00 bits per heavy atom. The fraction of sp³-hybridized carbons (Fsp3) is 0.167. The summed E-state index contributed by atoms with van der Waals surface area (Å²) in [6.45, 7) is 1.57. The highest BCUT2D eigenvalue weighted by Gasteiger charge is 2.15. The number of hydrogen-bond acceptors (Lipinski definition) is 5. The smallest absolute Gasteiger partial charge is 0.195 e. The summed E-state index contributed by atoms with van der Waals surface area (Å²) in [5.41, 5.74) is 2.10. The lowest BCUT2D eigenvalue weighted by Gasteiger charge is -2.17. The molecule has 0 saturated heterocycles. The molecule has 0 aliphatic heterocycles. The molecule has 3 rings (SSSR count). The molecule has 5 nitrogen and oxygen atoms in total. The number of carbonyl (C=O) groups excluding carboxylic acids is 2. The second-order valence-electron chi connectivity index (χ2n) is 6.78. The number of Topliss-reactive ketones (excluding diaryl/α,β-unsaturated/α-hetero) is 1. The predicted molar refractivity (Wildman–Crippen MR) is 118 cm³/mol. The third kappa shape index (κ3) is 5.47. The maximum atomic E-state index is 12.8. The Labute approximate surface area is 180 Å². The van der Waals surface area contributed by atoms with E-state index >= 15 is 0 Å². The molecule has 30 heavy (non-hydrogen) atoms. The van der Waals surface area contributed by atoms with E-state index in [9.17, 15) is 14.7 Å². The monoisotopic (exact) mass is 423 g/mol. The first-order valence-corrected chi connectivity index (χ1v) is 9.87. The van der Waals surface area contributed by atoms with E-state index in [1.54, 1.807) is 42.5 Å². The van der Waals surface area contributed by atoms with E-state index in [0.29, 0.717) is 33.1 Å². The van der Waals surface area contributed by atoms with E-state index in [2.05, 4.69) is 5.32 Å². The van der Waals surface area contributed by atoms with Crippen LogP contribution in [0.5, 0.6) is 5.75 Å². The van der Waals surface area contributed by atoms with Gasteiger partial charge in [0.1, 0.15) is 18.5 Å². The number of aliphatic hydroxyl groups excluding tert-OH is 1. The van der Waals surface area contributed by atoms with E-state index in [0.717, 1.165) is 0 Å². The molecule has 3 aromatic rings.